The number of piperazine rings is 1. The molecule has 45 heavy (non-hydrogen) atoms. The lowest BCUT2D eigenvalue weighted by molar-refractivity contribution is -0.128. The van der Waals surface area contributed by atoms with Gasteiger partial charge in [0.1, 0.15) is 18.0 Å². The Balaban J connectivity index is 1.30. The molecule has 9 nitrogen and oxygen atoms in total. The van der Waals surface area contributed by atoms with E-state index in [9.17, 15) is 4.79 Å². The number of hydrogen-bond acceptors (Lipinski definition) is 7. The van der Waals surface area contributed by atoms with Crippen molar-refractivity contribution in [1.82, 2.24) is 14.9 Å². The molecule has 0 spiro atoms. The second-order valence-corrected chi connectivity index (χ2v) is 12.6. The van der Waals surface area contributed by atoms with Gasteiger partial charge >= 0.3 is 6.01 Å². The van der Waals surface area contributed by atoms with E-state index < -0.39 is 0 Å². The predicted octanol–water partition coefficient (Wildman–Crippen LogP) is 5.74. The van der Waals surface area contributed by atoms with Crippen LogP contribution >= 0.6 is 0 Å². The standard InChI is InChI=1S/C36H44N6O3/c1-5-33(43)42-20-19-41(22-28(42)21-37-4)35-30-17-18-40(32-16-10-13-27-12-9-11-25(2)34(27)32)23-31(30)38-36(39-35)45-26(3)24-44-29-14-7-6-8-15-29/h5,9-13,16,26,28-29H,1,6-8,14-15,17-24H2,2-3H3/t26-,28-/m0/s1. The number of anilines is 2. The van der Waals surface area contributed by atoms with E-state index in [0.29, 0.717) is 44.9 Å². The number of rotatable bonds is 9. The normalized spacial score (nSPS) is 19.6. The van der Waals surface area contributed by atoms with Crippen LogP contribution in [0.4, 0.5) is 11.5 Å². The fraction of sp³-hybridized carbons (Fsp3) is 0.500. The van der Waals surface area contributed by atoms with Crippen molar-refractivity contribution in [2.45, 2.75) is 77.2 Å². The van der Waals surface area contributed by atoms with E-state index >= 15 is 0 Å². The quantitative estimate of drug-likeness (QED) is 0.227. The average molecular weight is 609 g/mol. The number of amides is 1. The van der Waals surface area contributed by atoms with Crippen LogP contribution in [0.2, 0.25) is 0 Å². The number of fused-ring (bicyclic) bond motifs is 2. The molecule has 3 aromatic rings. The maximum absolute atomic E-state index is 12.6. The van der Waals surface area contributed by atoms with Crippen molar-refractivity contribution in [3.8, 4) is 6.01 Å². The third-order valence-electron chi connectivity index (χ3n) is 9.42. The average Bonchev–Trinajstić information content (AvgIpc) is 3.07. The molecular weight excluding hydrogens is 564 g/mol. The van der Waals surface area contributed by atoms with Crippen molar-refractivity contribution in [3.63, 3.8) is 0 Å². The number of benzene rings is 2. The summed E-state index contributed by atoms with van der Waals surface area (Å²) in [7, 11) is 0. The smallest absolute Gasteiger partial charge is 0.319 e. The number of carbonyl (C=O) groups excluding carboxylic acids is 1. The number of aromatic nitrogens is 2. The highest BCUT2D eigenvalue weighted by Gasteiger charge is 2.35. The lowest BCUT2D eigenvalue weighted by Crippen LogP contribution is -2.56. The second kappa shape index (κ2) is 13.9. The molecule has 0 radical (unpaired) electrons. The lowest BCUT2D eigenvalue weighted by Gasteiger charge is -2.41. The number of ether oxygens (including phenoxy) is 2. The Kier molecular flexibility index (Phi) is 9.50. The Morgan fingerprint density at radius 1 is 1.11 bits per heavy atom. The van der Waals surface area contributed by atoms with Gasteiger partial charge in [-0.2, -0.15) is 9.97 Å². The summed E-state index contributed by atoms with van der Waals surface area (Å²) in [6.07, 6.45) is 8.20. The Morgan fingerprint density at radius 3 is 2.69 bits per heavy atom. The summed E-state index contributed by atoms with van der Waals surface area (Å²) in [5.74, 6) is 0.717. The first kappa shape index (κ1) is 30.8. The molecule has 1 amide bonds. The van der Waals surface area contributed by atoms with Crippen molar-refractivity contribution in [2.75, 3.05) is 49.1 Å². The van der Waals surface area contributed by atoms with Gasteiger partial charge < -0.3 is 29.0 Å². The fourth-order valence-corrected chi connectivity index (χ4v) is 7.11. The number of carbonyl (C=O) groups is 1. The third-order valence-corrected chi connectivity index (χ3v) is 9.42. The van der Waals surface area contributed by atoms with E-state index in [-0.39, 0.29) is 24.6 Å². The molecule has 2 fully saturated rings. The summed E-state index contributed by atoms with van der Waals surface area (Å²) in [6, 6.07) is 13.1. The second-order valence-electron chi connectivity index (χ2n) is 12.6. The molecule has 9 heteroatoms. The molecule has 1 aliphatic carbocycles. The van der Waals surface area contributed by atoms with Crippen LogP contribution in [-0.2, 0) is 22.5 Å². The monoisotopic (exact) mass is 608 g/mol. The topological polar surface area (TPSA) is 75.4 Å². The highest BCUT2D eigenvalue weighted by molar-refractivity contribution is 5.97. The first-order chi connectivity index (χ1) is 21.9. The van der Waals surface area contributed by atoms with Crippen LogP contribution in [0, 0.1) is 13.5 Å². The van der Waals surface area contributed by atoms with Crippen LogP contribution in [0.15, 0.2) is 49.1 Å². The van der Waals surface area contributed by atoms with E-state index in [4.69, 9.17) is 26.0 Å². The van der Waals surface area contributed by atoms with E-state index in [2.05, 4.69) is 64.5 Å². The highest BCUT2D eigenvalue weighted by Crippen LogP contribution is 2.36. The molecule has 3 heterocycles. The number of nitrogens with zero attached hydrogens (tertiary/aromatic N) is 6. The van der Waals surface area contributed by atoms with Gasteiger partial charge in [0, 0.05) is 42.8 Å². The van der Waals surface area contributed by atoms with Gasteiger partial charge in [0.05, 0.1) is 24.9 Å². The Morgan fingerprint density at radius 2 is 1.91 bits per heavy atom. The summed E-state index contributed by atoms with van der Waals surface area (Å²) in [4.78, 5) is 32.7. The van der Waals surface area contributed by atoms with Gasteiger partial charge in [0.2, 0.25) is 12.5 Å². The van der Waals surface area contributed by atoms with E-state index in [1.807, 2.05) is 6.92 Å². The van der Waals surface area contributed by atoms with Gasteiger partial charge in [-0.25, -0.2) is 6.57 Å². The van der Waals surface area contributed by atoms with E-state index in [1.165, 1.54) is 47.4 Å². The predicted molar refractivity (Wildman–Crippen MR) is 178 cm³/mol. The molecule has 2 atom stereocenters. The fourth-order valence-electron chi connectivity index (χ4n) is 7.11. The molecule has 2 aliphatic heterocycles. The van der Waals surface area contributed by atoms with Gasteiger partial charge in [-0.3, -0.25) is 4.79 Å². The summed E-state index contributed by atoms with van der Waals surface area (Å²) in [5.41, 5.74) is 4.54. The number of hydrogen-bond donors (Lipinski definition) is 0. The first-order valence-electron chi connectivity index (χ1n) is 16.4. The number of aryl methyl sites for hydroxylation is 1. The maximum Gasteiger partial charge on any atom is 0.319 e. The molecule has 1 saturated carbocycles. The highest BCUT2D eigenvalue weighted by atomic mass is 16.5. The third kappa shape index (κ3) is 6.76. The molecule has 1 aromatic heterocycles. The van der Waals surface area contributed by atoms with E-state index in [1.54, 1.807) is 4.90 Å². The van der Waals surface area contributed by atoms with Crippen molar-refractivity contribution in [1.29, 1.82) is 0 Å². The molecule has 0 bridgehead atoms. The Labute approximate surface area is 266 Å². The molecule has 2 aromatic carbocycles. The van der Waals surface area contributed by atoms with Crippen LogP contribution in [-0.4, -0.2) is 78.4 Å². The van der Waals surface area contributed by atoms with Crippen LogP contribution in [0.1, 0.15) is 55.8 Å². The largest absolute Gasteiger partial charge is 0.458 e. The molecule has 0 N–H and O–H groups in total. The first-order valence-corrected chi connectivity index (χ1v) is 16.4. The summed E-state index contributed by atoms with van der Waals surface area (Å²) < 4.78 is 12.6. The van der Waals surface area contributed by atoms with Crippen LogP contribution < -0.4 is 14.5 Å². The minimum absolute atomic E-state index is 0.134. The Bertz CT molecular complexity index is 1570. The van der Waals surface area contributed by atoms with Crippen LogP contribution in [0.3, 0.4) is 0 Å². The van der Waals surface area contributed by atoms with Gasteiger partial charge in [0.15, 0.2) is 0 Å². The van der Waals surface area contributed by atoms with Gasteiger partial charge in [0.25, 0.3) is 0 Å². The lowest BCUT2D eigenvalue weighted by atomic mass is 9.98. The summed E-state index contributed by atoms with van der Waals surface area (Å²) in [5, 5.41) is 2.50. The van der Waals surface area contributed by atoms with Gasteiger partial charge in [-0.15, -0.1) is 0 Å². The van der Waals surface area contributed by atoms with Crippen LogP contribution in [0.5, 0.6) is 6.01 Å². The summed E-state index contributed by atoms with van der Waals surface area (Å²) >= 11 is 0. The SMILES string of the molecule is [C-]#[N+]C[C@H]1CN(c2nc(O[C@@H](C)COC3CCCCC3)nc3c2CCN(c2cccc4cccc(C)c24)C3)CCN1C(=O)C=C. The van der Waals surface area contributed by atoms with E-state index in [0.717, 1.165) is 42.9 Å². The van der Waals surface area contributed by atoms with Crippen LogP contribution in [0.25, 0.3) is 15.6 Å². The minimum atomic E-state index is -0.238. The van der Waals surface area contributed by atoms with Gasteiger partial charge in [-0.1, -0.05) is 56.2 Å². The van der Waals surface area contributed by atoms with Crippen molar-refractivity contribution in [2.24, 2.45) is 0 Å². The van der Waals surface area contributed by atoms with Crippen molar-refractivity contribution < 1.29 is 14.3 Å². The molecule has 3 aliphatic rings. The Hall–Kier alpha value is -4.16. The zero-order chi connectivity index (χ0) is 31.3. The van der Waals surface area contributed by atoms with Gasteiger partial charge in [-0.05, 0) is 56.2 Å². The zero-order valence-corrected chi connectivity index (χ0v) is 26.6. The molecule has 1 saturated heterocycles. The molecule has 0 unspecified atom stereocenters. The van der Waals surface area contributed by atoms with Crippen molar-refractivity contribution in [3.05, 3.63) is 77.3 Å². The molecule has 236 valence electrons. The zero-order valence-electron chi connectivity index (χ0n) is 26.6. The van der Waals surface area contributed by atoms with Crippen molar-refractivity contribution >= 4 is 28.2 Å². The molecular formula is C36H44N6O3. The maximum atomic E-state index is 12.6. The minimum Gasteiger partial charge on any atom is -0.458 e. The molecule has 6 rings (SSSR count). The summed E-state index contributed by atoms with van der Waals surface area (Å²) in [6.45, 7) is 19.2.